The lowest BCUT2D eigenvalue weighted by molar-refractivity contribution is -0.120. The van der Waals surface area contributed by atoms with Crippen molar-refractivity contribution < 1.29 is 9.21 Å². The largest absolute Gasteiger partial charge is 0.445 e. The number of nitrogens with one attached hydrogen (secondary N) is 1. The van der Waals surface area contributed by atoms with Crippen molar-refractivity contribution in [1.29, 1.82) is 0 Å². The third-order valence-electron chi connectivity index (χ3n) is 2.51. The highest BCUT2D eigenvalue weighted by molar-refractivity contribution is 5.78. The Labute approximate surface area is 105 Å². The standard InChI is InChI=1S/C13H15N3O2/c1-9-12(18-10(2)16-9)7-13(17)15-8-11-5-3-4-6-14-11/h3-6H,7-8H2,1-2H3,(H,15,17). The molecule has 0 fully saturated rings. The Kier molecular flexibility index (Phi) is 3.72. The smallest absolute Gasteiger partial charge is 0.228 e. The topological polar surface area (TPSA) is 68.0 Å². The molecule has 0 unspecified atom stereocenters. The molecular formula is C13H15N3O2. The van der Waals surface area contributed by atoms with Crippen LogP contribution in [-0.2, 0) is 17.8 Å². The van der Waals surface area contributed by atoms with Gasteiger partial charge in [0.25, 0.3) is 0 Å². The van der Waals surface area contributed by atoms with Crippen molar-refractivity contribution >= 4 is 5.91 Å². The van der Waals surface area contributed by atoms with Gasteiger partial charge in [-0.2, -0.15) is 0 Å². The highest BCUT2D eigenvalue weighted by atomic mass is 16.4. The van der Waals surface area contributed by atoms with Crippen LogP contribution in [0, 0.1) is 13.8 Å². The lowest BCUT2D eigenvalue weighted by Gasteiger charge is -2.03. The third kappa shape index (κ3) is 3.16. The van der Waals surface area contributed by atoms with Gasteiger partial charge in [-0.05, 0) is 19.1 Å². The number of hydrogen-bond acceptors (Lipinski definition) is 4. The average Bonchev–Trinajstić information content (AvgIpc) is 2.67. The fourth-order valence-corrected chi connectivity index (χ4v) is 1.64. The van der Waals surface area contributed by atoms with Crippen LogP contribution in [0.5, 0.6) is 0 Å². The van der Waals surface area contributed by atoms with Gasteiger partial charge in [0.2, 0.25) is 5.91 Å². The zero-order valence-corrected chi connectivity index (χ0v) is 10.4. The number of aromatic nitrogens is 2. The summed E-state index contributed by atoms with van der Waals surface area (Å²) < 4.78 is 5.35. The van der Waals surface area contributed by atoms with Crippen molar-refractivity contribution in [2.45, 2.75) is 26.8 Å². The van der Waals surface area contributed by atoms with Gasteiger partial charge in [-0.25, -0.2) is 4.98 Å². The zero-order valence-electron chi connectivity index (χ0n) is 10.4. The number of oxazole rings is 1. The van der Waals surface area contributed by atoms with E-state index in [0.29, 0.717) is 18.2 Å². The molecule has 0 atom stereocenters. The van der Waals surface area contributed by atoms with Gasteiger partial charge in [0.05, 0.1) is 24.4 Å². The van der Waals surface area contributed by atoms with E-state index in [2.05, 4.69) is 15.3 Å². The Bertz CT molecular complexity index is 534. The SMILES string of the molecule is Cc1nc(C)c(CC(=O)NCc2ccccn2)o1. The first-order valence-corrected chi connectivity index (χ1v) is 5.74. The normalized spacial score (nSPS) is 10.3. The highest BCUT2D eigenvalue weighted by Crippen LogP contribution is 2.09. The lowest BCUT2D eigenvalue weighted by Crippen LogP contribution is -2.25. The molecule has 2 aromatic rings. The summed E-state index contributed by atoms with van der Waals surface area (Å²) in [5, 5.41) is 2.79. The Morgan fingerprint density at radius 1 is 1.39 bits per heavy atom. The van der Waals surface area contributed by atoms with Crippen LogP contribution in [0.25, 0.3) is 0 Å². The van der Waals surface area contributed by atoms with E-state index >= 15 is 0 Å². The summed E-state index contributed by atoms with van der Waals surface area (Å²) in [4.78, 5) is 20.0. The molecule has 0 radical (unpaired) electrons. The van der Waals surface area contributed by atoms with E-state index in [9.17, 15) is 4.79 Å². The molecule has 0 aliphatic rings. The van der Waals surface area contributed by atoms with Crippen molar-refractivity contribution in [3.8, 4) is 0 Å². The first kappa shape index (κ1) is 12.3. The van der Waals surface area contributed by atoms with Crippen LogP contribution < -0.4 is 5.32 Å². The molecule has 0 saturated carbocycles. The van der Waals surface area contributed by atoms with Gasteiger partial charge >= 0.3 is 0 Å². The predicted octanol–water partition coefficient (Wildman–Crippen LogP) is 1.55. The number of carbonyl (C=O) groups is 1. The second-order valence-corrected chi connectivity index (χ2v) is 4.02. The first-order chi connectivity index (χ1) is 8.65. The van der Waals surface area contributed by atoms with Gasteiger partial charge in [-0.3, -0.25) is 9.78 Å². The van der Waals surface area contributed by atoms with Gasteiger partial charge in [-0.1, -0.05) is 6.07 Å². The van der Waals surface area contributed by atoms with E-state index in [4.69, 9.17) is 4.42 Å². The number of amides is 1. The molecule has 0 aliphatic heterocycles. The molecule has 0 spiro atoms. The molecular weight excluding hydrogens is 230 g/mol. The fraction of sp³-hybridized carbons (Fsp3) is 0.308. The summed E-state index contributed by atoms with van der Waals surface area (Å²) in [7, 11) is 0. The van der Waals surface area contributed by atoms with Crippen LogP contribution in [0.2, 0.25) is 0 Å². The van der Waals surface area contributed by atoms with E-state index < -0.39 is 0 Å². The number of aryl methyl sites for hydroxylation is 2. The van der Waals surface area contributed by atoms with Gasteiger partial charge in [0.15, 0.2) is 5.89 Å². The molecule has 1 N–H and O–H groups in total. The maximum absolute atomic E-state index is 11.7. The molecule has 0 saturated heterocycles. The van der Waals surface area contributed by atoms with Crippen LogP contribution in [-0.4, -0.2) is 15.9 Å². The first-order valence-electron chi connectivity index (χ1n) is 5.74. The van der Waals surface area contributed by atoms with Crippen molar-refractivity contribution in [3.05, 3.63) is 47.4 Å². The molecule has 2 rings (SSSR count). The molecule has 94 valence electrons. The molecule has 0 aromatic carbocycles. The Hall–Kier alpha value is -2.17. The molecule has 0 aliphatic carbocycles. The van der Waals surface area contributed by atoms with Crippen LogP contribution >= 0.6 is 0 Å². The monoisotopic (exact) mass is 245 g/mol. The van der Waals surface area contributed by atoms with Gasteiger partial charge in [0, 0.05) is 13.1 Å². The van der Waals surface area contributed by atoms with Gasteiger partial charge in [0.1, 0.15) is 5.76 Å². The van der Waals surface area contributed by atoms with Crippen molar-refractivity contribution in [3.63, 3.8) is 0 Å². The zero-order chi connectivity index (χ0) is 13.0. The Morgan fingerprint density at radius 2 is 2.22 bits per heavy atom. The molecule has 5 heteroatoms. The van der Waals surface area contributed by atoms with Crippen LogP contribution in [0.1, 0.15) is 23.0 Å². The summed E-state index contributed by atoms with van der Waals surface area (Å²) in [6.45, 7) is 4.02. The minimum Gasteiger partial charge on any atom is -0.445 e. The maximum atomic E-state index is 11.7. The number of rotatable bonds is 4. The highest BCUT2D eigenvalue weighted by Gasteiger charge is 2.11. The van der Waals surface area contributed by atoms with Crippen LogP contribution in [0.4, 0.5) is 0 Å². The predicted molar refractivity (Wildman–Crippen MR) is 65.8 cm³/mol. The number of pyridine rings is 1. The third-order valence-corrected chi connectivity index (χ3v) is 2.51. The number of hydrogen-bond donors (Lipinski definition) is 1. The molecule has 2 heterocycles. The summed E-state index contributed by atoms with van der Waals surface area (Å²) >= 11 is 0. The van der Waals surface area contributed by atoms with E-state index in [-0.39, 0.29) is 12.3 Å². The van der Waals surface area contributed by atoms with E-state index in [1.165, 1.54) is 0 Å². The molecule has 1 amide bonds. The summed E-state index contributed by atoms with van der Waals surface area (Å²) in [5.74, 6) is 1.10. The van der Waals surface area contributed by atoms with E-state index in [0.717, 1.165) is 11.4 Å². The molecule has 2 aromatic heterocycles. The lowest BCUT2D eigenvalue weighted by atomic mass is 10.2. The van der Waals surface area contributed by atoms with Crippen molar-refractivity contribution in [2.75, 3.05) is 0 Å². The van der Waals surface area contributed by atoms with Crippen molar-refractivity contribution in [1.82, 2.24) is 15.3 Å². The molecule has 18 heavy (non-hydrogen) atoms. The van der Waals surface area contributed by atoms with E-state index in [1.807, 2.05) is 25.1 Å². The molecule has 0 bridgehead atoms. The summed E-state index contributed by atoms with van der Waals surface area (Å²) in [6, 6.07) is 5.59. The summed E-state index contributed by atoms with van der Waals surface area (Å²) in [6.07, 6.45) is 1.91. The van der Waals surface area contributed by atoms with Crippen molar-refractivity contribution in [2.24, 2.45) is 0 Å². The Morgan fingerprint density at radius 3 is 2.83 bits per heavy atom. The second-order valence-electron chi connectivity index (χ2n) is 4.02. The Balaban J connectivity index is 1.88. The molecule has 5 nitrogen and oxygen atoms in total. The minimum atomic E-state index is -0.0973. The van der Waals surface area contributed by atoms with Gasteiger partial charge in [-0.15, -0.1) is 0 Å². The second kappa shape index (κ2) is 5.44. The average molecular weight is 245 g/mol. The maximum Gasteiger partial charge on any atom is 0.228 e. The summed E-state index contributed by atoms with van der Waals surface area (Å²) in [5.41, 5.74) is 1.59. The number of carbonyl (C=O) groups excluding carboxylic acids is 1. The fourth-order valence-electron chi connectivity index (χ4n) is 1.64. The van der Waals surface area contributed by atoms with Gasteiger partial charge < -0.3 is 9.73 Å². The number of nitrogens with zero attached hydrogens (tertiary/aromatic N) is 2. The van der Waals surface area contributed by atoms with Crippen LogP contribution in [0.3, 0.4) is 0 Å². The van der Waals surface area contributed by atoms with E-state index in [1.54, 1.807) is 13.1 Å². The quantitative estimate of drug-likeness (QED) is 0.887. The minimum absolute atomic E-state index is 0.0973. The van der Waals surface area contributed by atoms with Crippen LogP contribution in [0.15, 0.2) is 28.8 Å².